The third-order valence-corrected chi connectivity index (χ3v) is 3.47. The van der Waals surface area contributed by atoms with Crippen molar-refractivity contribution in [2.45, 2.75) is 26.3 Å². The van der Waals surface area contributed by atoms with Gasteiger partial charge in [0.15, 0.2) is 0 Å². The Balaban J connectivity index is 2.21. The smallest absolute Gasteiger partial charge is 0.119 e. The average molecular weight is 205 g/mol. The first-order chi connectivity index (χ1) is 7.13. The number of ether oxygens (including phenoxy) is 1. The Hall–Kier alpha value is -1.02. The first kappa shape index (κ1) is 10.5. The predicted octanol–water partition coefficient (Wildman–Crippen LogP) is 2.66. The van der Waals surface area contributed by atoms with Crippen molar-refractivity contribution in [1.29, 1.82) is 0 Å². The summed E-state index contributed by atoms with van der Waals surface area (Å²) in [6, 6.07) is 6.35. The molecule has 82 valence electrons. The minimum Gasteiger partial charge on any atom is -0.497 e. The lowest BCUT2D eigenvalue weighted by molar-refractivity contribution is 0.414. The highest BCUT2D eigenvalue weighted by molar-refractivity contribution is 5.37. The summed E-state index contributed by atoms with van der Waals surface area (Å²) in [5, 5.41) is 0. The fourth-order valence-corrected chi connectivity index (χ4v) is 2.23. The van der Waals surface area contributed by atoms with Gasteiger partial charge >= 0.3 is 0 Å². The zero-order chi connectivity index (χ0) is 11.0. The summed E-state index contributed by atoms with van der Waals surface area (Å²) in [6.07, 6.45) is 1.27. The molecule has 2 rings (SSSR count). The topological polar surface area (TPSA) is 35.2 Å². The van der Waals surface area contributed by atoms with Crippen LogP contribution in [0.25, 0.3) is 0 Å². The fraction of sp³-hybridized carbons (Fsp3) is 0.538. The second kappa shape index (κ2) is 3.86. The van der Waals surface area contributed by atoms with Gasteiger partial charge in [-0.2, -0.15) is 0 Å². The number of benzene rings is 1. The van der Waals surface area contributed by atoms with E-state index in [0.29, 0.717) is 5.92 Å². The summed E-state index contributed by atoms with van der Waals surface area (Å²) in [7, 11) is 1.69. The van der Waals surface area contributed by atoms with Crippen molar-refractivity contribution in [2.75, 3.05) is 7.11 Å². The Kier molecular flexibility index (Phi) is 2.70. The van der Waals surface area contributed by atoms with Gasteiger partial charge in [0, 0.05) is 6.04 Å². The van der Waals surface area contributed by atoms with Crippen LogP contribution in [0.1, 0.15) is 30.5 Å². The van der Waals surface area contributed by atoms with Gasteiger partial charge in [0.2, 0.25) is 0 Å². The SMILES string of the molecule is COc1ccc(C(N)C2CC2C)c(C)c1. The molecule has 0 bridgehead atoms. The molecule has 1 aromatic rings. The molecular weight excluding hydrogens is 186 g/mol. The molecule has 1 fully saturated rings. The van der Waals surface area contributed by atoms with Crippen LogP contribution in [-0.4, -0.2) is 7.11 Å². The molecule has 0 radical (unpaired) electrons. The van der Waals surface area contributed by atoms with Crippen molar-refractivity contribution < 1.29 is 4.74 Å². The van der Waals surface area contributed by atoms with E-state index in [1.807, 2.05) is 6.07 Å². The zero-order valence-electron chi connectivity index (χ0n) is 9.66. The quantitative estimate of drug-likeness (QED) is 0.823. The number of hydrogen-bond acceptors (Lipinski definition) is 2. The Morgan fingerprint density at radius 1 is 1.47 bits per heavy atom. The van der Waals surface area contributed by atoms with Crippen molar-refractivity contribution in [1.82, 2.24) is 0 Å². The summed E-state index contributed by atoms with van der Waals surface area (Å²) in [5.41, 5.74) is 8.75. The minimum atomic E-state index is 0.200. The van der Waals surface area contributed by atoms with Crippen molar-refractivity contribution >= 4 is 0 Å². The lowest BCUT2D eigenvalue weighted by atomic mass is 9.97. The monoisotopic (exact) mass is 205 g/mol. The average Bonchev–Trinajstić information content (AvgIpc) is 2.94. The summed E-state index contributed by atoms with van der Waals surface area (Å²) < 4.78 is 5.19. The highest BCUT2D eigenvalue weighted by Crippen LogP contribution is 2.46. The van der Waals surface area contributed by atoms with Crippen molar-refractivity contribution in [3.8, 4) is 5.75 Å². The molecule has 3 unspecified atom stereocenters. The lowest BCUT2D eigenvalue weighted by Gasteiger charge is -2.15. The summed E-state index contributed by atoms with van der Waals surface area (Å²) >= 11 is 0. The van der Waals surface area contributed by atoms with Crippen LogP contribution in [0.5, 0.6) is 5.75 Å². The third-order valence-electron chi connectivity index (χ3n) is 3.47. The Morgan fingerprint density at radius 2 is 2.13 bits per heavy atom. The molecule has 15 heavy (non-hydrogen) atoms. The zero-order valence-corrected chi connectivity index (χ0v) is 9.66. The standard InChI is InChI=1S/C13H19NO/c1-8-6-10(15-3)4-5-11(8)13(14)12-7-9(12)2/h4-6,9,12-13H,7,14H2,1-3H3. The molecule has 1 saturated carbocycles. The van der Waals surface area contributed by atoms with Crippen LogP contribution in [0.4, 0.5) is 0 Å². The van der Waals surface area contributed by atoms with E-state index in [2.05, 4.69) is 26.0 Å². The molecular formula is C13H19NO. The van der Waals surface area contributed by atoms with E-state index in [-0.39, 0.29) is 6.04 Å². The Labute approximate surface area is 91.4 Å². The highest BCUT2D eigenvalue weighted by Gasteiger charge is 2.38. The van der Waals surface area contributed by atoms with Crippen molar-refractivity contribution in [3.05, 3.63) is 29.3 Å². The Bertz CT molecular complexity index is 362. The molecule has 1 aliphatic rings. The molecule has 2 heteroatoms. The molecule has 0 heterocycles. The van der Waals surface area contributed by atoms with Crippen LogP contribution in [0, 0.1) is 18.8 Å². The van der Waals surface area contributed by atoms with E-state index < -0.39 is 0 Å². The van der Waals surface area contributed by atoms with Crippen LogP contribution in [-0.2, 0) is 0 Å². The third kappa shape index (κ3) is 2.00. The van der Waals surface area contributed by atoms with Crippen LogP contribution in [0.15, 0.2) is 18.2 Å². The van der Waals surface area contributed by atoms with Gasteiger partial charge in [-0.1, -0.05) is 13.0 Å². The molecule has 0 saturated heterocycles. The lowest BCUT2D eigenvalue weighted by Crippen LogP contribution is -2.14. The first-order valence-electron chi connectivity index (χ1n) is 5.53. The molecule has 0 aromatic heterocycles. The van der Waals surface area contributed by atoms with Gasteiger partial charge in [0.05, 0.1) is 7.11 Å². The van der Waals surface area contributed by atoms with Crippen LogP contribution in [0.3, 0.4) is 0 Å². The normalized spacial score (nSPS) is 26.1. The maximum absolute atomic E-state index is 6.24. The number of hydrogen-bond donors (Lipinski definition) is 1. The predicted molar refractivity (Wildman–Crippen MR) is 61.9 cm³/mol. The van der Waals surface area contributed by atoms with Gasteiger partial charge in [-0.25, -0.2) is 0 Å². The molecule has 3 atom stereocenters. The summed E-state index contributed by atoms with van der Waals surface area (Å²) in [5.74, 6) is 2.38. The maximum Gasteiger partial charge on any atom is 0.119 e. The van der Waals surface area contributed by atoms with Crippen molar-refractivity contribution in [3.63, 3.8) is 0 Å². The fourth-order valence-electron chi connectivity index (χ4n) is 2.23. The first-order valence-corrected chi connectivity index (χ1v) is 5.53. The number of nitrogens with two attached hydrogens (primary N) is 1. The van der Waals surface area contributed by atoms with Gasteiger partial charge in [-0.05, 0) is 48.4 Å². The summed E-state index contributed by atoms with van der Waals surface area (Å²) in [4.78, 5) is 0. The number of aryl methyl sites for hydroxylation is 1. The molecule has 0 spiro atoms. The van der Waals surface area contributed by atoms with Gasteiger partial charge in [0.25, 0.3) is 0 Å². The molecule has 1 aromatic carbocycles. The Morgan fingerprint density at radius 3 is 2.60 bits per heavy atom. The van der Waals surface area contributed by atoms with Gasteiger partial charge < -0.3 is 10.5 Å². The maximum atomic E-state index is 6.24. The van der Waals surface area contributed by atoms with E-state index in [1.54, 1.807) is 7.11 Å². The minimum absolute atomic E-state index is 0.200. The van der Waals surface area contributed by atoms with E-state index in [1.165, 1.54) is 17.5 Å². The molecule has 1 aliphatic carbocycles. The molecule has 0 aliphatic heterocycles. The molecule has 2 nitrogen and oxygen atoms in total. The van der Waals surface area contributed by atoms with Gasteiger partial charge in [0.1, 0.15) is 5.75 Å². The van der Waals surface area contributed by atoms with Crippen LogP contribution >= 0.6 is 0 Å². The van der Waals surface area contributed by atoms with Crippen molar-refractivity contribution in [2.24, 2.45) is 17.6 Å². The molecule has 2 N–H and O–H groups in total. The van der Waals surface area contributed by atoms with Gasteiger partial charge in [-0.15, -0.1) is 0 Å². The second-order valence-corrected chi connectivity index (χ2v) is 4.63. The highest BCUT2D eigenvalue weighted by atomic mass is 16.5. The van der Waals surface area contributed by atoms with E-state index in [0.717, 1.165) is 11.7 Å². The summed E-state index contributed by atoms with van der Waals surface area (Å²) in [6.45, 7) is 4.37. The largest absolute Gasteiger partial charge is 0.497 e. The van der Waals surface area contributed by atoms with Crippen LogP contribution < -0.4 is 10.5 Å². The van der Waals surface area contributed by atoms with E-state index >= 15 is 0 Å². The second-order valence-electron chi connectivity index (χ2n) is 4.63. The van der Waals surface area contributed by atoms with Gasteiger partial charge in [-0.3, -0.25) is 0 Å². The van der Waals surface area contributed by atoms with E-state index in [4.69, 9.17) is 10.5 Å². The van der Waals surface area contributed by atoms with Crippen LogP contribution in [0.2, 0.25) is 0 Å². The number of methoxy groups -OCH3 is 1. The van der Waals surface area contributed by atoms with E-state index in [9.17, 15) is 0 Å². The number of rotatable bonds is 3. The molecule has 0 amide bonds.